The van der Waals surface area contributed by atoms with Crippen molar-refractivity contribution in [3.05, 3.63) is 22.7 Å². The predicted octanol–water partition coefficient (Wildman–Crippen LogP) is 3.74. The van der Waals surface area contributed by atoms with Crippen LogP contribution in [0.1, 0.15) is 49.0 Å². The first-order valence-electron chi connectivity index (χ1n) is 7.44. The van der Waals surface area contributed by atoms with Crippen molar-refractivity contribution in [2.24, 2.45) is 5.92 Å². The minimum Gasteiger partial charge on any atom is -0.397 e. The third-order valence-electron chi connectivity index (χ3n) is 4.05. The number of carbonyl (C=O) groups excluding carboxylic acids is 1. The van der Waals surface area contributed by atoms with Crippen LogP contribution in [0, 0.1) is 12.8 Å². The minimum atomic E-state index is -0.0902. The number of hydrogen-bond acceptors (Lipinski definition) is 4. The maximum atomic E-state index is 12.5. The average molecular weight is 305 g/mol. The van der Waals surface area contributed by atoms with Crippen molar-refractivity contribution in [1.29, 1.82) is 0 Å². The summed E-state index contributed by atoms with van der Waals surface area (Å²) in [6.07, 6.45) is 2.11. The zero-order valence-electron chi connectivity index (χ0n) is 13.1. The summed E-state index contributed by atoms with van der Waals surface area (Å²) in [6, 6.07) is 4.00. The van der Waals surface area contributed by atoms with E-state index in [2.05, 4.69) is 31.1 Å². The molecule has 1 atom stereocenters. The molecule has 0 aliphatic rings. The van der Waals surface area contributed by atoms with Crippen LogP contribution in [-0.4, -0.2) is 16.9 Å². The van der Waals surface area contributed by atoms with Crippen LogP contribution in [0.25, 0.3) is 10.2 Å². The summed E-state index contributed by atoms with van der Waals surface area (Å²) in [5.41, 5.74) is 7.59. The number of nitrogens with zero attached hydrogens (tertiary/aromatic N) is 1. The maximum Gasteiger partial charge on any atom is 0.263 e. The van der Waals surface area contributed by atoms with E-state index >= 15 is 0 Å². The molecular formula is C16H23N3OS. The summed E-state index contributed by atoms with van der Waals surface area (Å²) >= 11 is 1.37. The van der Waals surface area contributed by atoms with E-state index in [1.807, 2.05) is 19.1 Å². The maximum absolute atomic E-state index is 12.5. The van der Waals surface area contributed by atoms with Crippen LogP contribution in [0.5, 0.6) is 0 Å². The molecule has 0 fully saturated rings. The van der Waals surface area contributed by atoms with Gasteiger partial charge in [0.1, 0.15) is 9.71 Å². The van der Waals surface area contributed by atoms with Crippen molar-refractivity contribution >= 4 is 33.1 Å². The molecule has 114 valence electrons. The molecule has 0 radical (unpaired) electrons. The standard InChI is InChI=1S/C16H23N3OS/c1-5-11(6-2)10(4)19-15(20)14-13(17)12-8-7-9(3)18-16(12)21-14/h7-8,10-11H,5-6,17H2,1-4H3,(H,19,20). The number of thiophene rings is 1. The highest BCUT2D eigenvalue weighted by molar-refractivity contribution is 7.21. The molecule has 2 aromatic heterocycles. The van der Waals surface area contributed by atoms with Crippen LogP contribution in [0.3, 0.4) is 0 Å². The summed E-state index contributed by atoms with van der Waals surface area (Å²) in [5.74, 6) is 0.400. The molecule has 2 heterocycles. The summed E-state index contributed by atoms with van der Waals surface area (Å²) in [5, 5.41) is 3.94. The average Bonchev–Trinajstić information content (AvgIpc) is 2.76. The fourth-order valence-corrected chi connectivity index (χ4v) is 3.69. The van der Waals surface area contributed by atoms with Crippen molar-refractivity contribution in [3.8, 4) is 0 Å². The molecule has 2 rings (SSSR count). The van der Waals surface area contributed by atoms with E-state index in [9.17, 15) is 4.79 Å². The number of aromatic nitrogens is 1. The molecule has 21 heavy (non-hydrogen) atoms. The molecule has 0 aliphatic carbocycles. The molecule has 0 aliphatic heterocycles. The Hall–Kier alpha value is -1.62. The first-order valence-corrected chi connectivity index (χ1v) is 8.26. The van der Waals surface area contributed by atoms with Gasteiger partial charge in [-0.2, -0.15) is 0 Å². The molecule has 5 heteroatoms. The Balaban J connectivity index is 2.25. The molecule has 0 aromatic carbocycles. The van der Waals surface area contributed by atoms with Crippen LogP contribution in [0.15, 0.2) is 12.1 Å². The predicted molar refractivity (Wildman–Crippen MR) is 89.8 cm³/mol. The third-order valence-corrected chi connectivity index (χ3v) is 5.17. The Kier molecular flexibility index (Phi) is 4.83. The Morgan fingerprint density at radius 3 is 2.67 bits per heavy atom. The van der Waals surface area contributed by atoms with Gasteiger partial charge in [0.25, 0.3) is 5.91 Å². The van der Waals surface area contributed by atoms with Gasteiger partial charge in [0, 0.05) is 17.1 Å². The summed E-state index contributed by atoms with van der Waals surface area (Å²) in [7, 11) is 0. The van der Waals surface area contributed by atoms with Crippen molar-refractivity contribution < 1.29 is 4.79 Å². The van der Waals surface area contributed by atoms with E-state index in [4.69, 9.17) is 5.73 Å². The Morgan fingerprint density at radius 2 is 2.05 bits per heavy atom. The van der Waals surface area contributed by atoms with Crippen molar-refractivity contribution in [1.82, 2.24) is 10.3 Å². The minimum absolute atomic E-state index is 0.0902. The number of nitrogens with one attached hydrogen (secondary N) is 1. The lowest BCUT2D eigenvalue weighted by Gasteiger charge is -2.22. The number of amides is 1. The second-order valence-electron chi connectivity index (χ2n) is 5.49. The molecule has 1 amide bonds. The van der Waals surface area contributed by atoms with Crippen LogP contribution >= 0.6 is 11.3 Å². The van der Waals surface area contributed by atoms with Crippen LogP contribution in [0.4, 0.5) is 5.69 Å². The van der Waals surface area contributed by atoms with Gasteiger partial charge in [0.15, 0.2) is 0 Å². The van der Waals surface area contributed by atoms with Crippen molar-refractivity contribution in [3.63, 3.8) is 0 Å². The van der Waals surface area contributed by atoms with Gasteiger partial charge >= 0.3 is 0 Å². The molecule has 0 saturated carbocycles. The van der Waals surface area contributed by atoms with Gasteiger partial charge in [-0.15, -0.1) is 11.3 Å². The molecule has 0 bridgehead atoms. The van der Waals surface area contributed by atoms with Gasteiger partial charge in [-0.05, 0) is 31.9 Å². The van der Waals surface area contributed by atoms with Gasteiger partial charge in [0.05, 0.1) is 5.69 Å². The van der Waals surface area contributed by atoms with E-state index < -0.39 is 0 Å². The summed E-state index contributed by atoms with van der Waals surface area (Å²) < 4.78 is 0. The highest BCUT2D eigenvalue weighted by Gasteiger charge is 2.21. The number of pyridine rings is 1. The lowest BCUT2D eigenvalue weighted by Crippen LogP contribution is -2.37. The van der Waals surface area contributed by atoms with E-state index in [0.29, 0.717) is 16.5 Å². The van der Waals surface area contributed by atoms with E-state index in [-0.39, 0.29) is 11.9 Å². The molecule has 3 N–H and O–H groups in total. The Labute approximate surface area is 129 Å². The topological polar surface area (TPSA) is 68.0 Å². The number of hydrogen-bond donors (Lipinski definition) is 2. The Bertz CT molecular complexity index is 646. The van der Waals surface area contributed by atoms with Gasteiger partial charge < -0.3 is 11.1 Å². The smallest absolute Gasteiger partial charge is 0.263 e. The van der Waals surface area contributed by atoms with E-state index in [1.54, 1.807) is 0 Å². The number of aryl methyl sites for hydroxylation is 1. The Morgan fingerprint density at radius 1 is 1.38 bits per heavy atom. The largest absolute Gasteiger partial charge is 0.397 e. The van der Waals surface area contributed by atoms with Crippen LogP contribution in [0.2, 0.25) is 0 Å². The number of fused-ring (bicyclic) bond motifs is 1. The summed E-state index contributed by atoms with van der Waals surface area (Å²) in [6.45, 7) is 8.29. The van der Waals surface area contributed by atoms with Gasteiger partial charge in [-0.3, -0.25) is 4.79 Å². The summed E-state index contributed by atoms with van der Waals surface area (Å²) in [4.78, 5) is 18.3. The normalized spacial score (nSPS) is 12.8. The van der Waals surface area contributed by atoms with Crippen molar-refractivity contribution in [2.75, 3.05) is 5.73 Å². The zero-order valence-corrected chi connectivity index (χ0v) is 13.9. The number of carbonyl (C=O) groups is 1. The first-order chi connectivity index (χ1) is 9.97. The fourth-order valence-electron chi connectivity index (χ4n) is 2.64. The lowest BCUT2D eigenvalue weighted by atomic mass is 9.95. The lowest BCUT2D eigenvalue weighted by molar-refractivity contribution is 0.0930. The van der Waals surface area contributed by atoms with Crippen LogP contribution in [-0.2, 0) is 0 Å². The highest BCUT2D eigenvalue weighted by Crippen LogP contribution is 2.32. The fraction of sp³-hybridized carbons (Fsp3) is 0.500. The van der Waals surface area contributed by atoms with E-state index in [0.717, 1.165) is 28.8 Å². The van der Waals surface area contributed by atoms with Gasteiger partial charge in [0.2, 0.25) is 0 Å². The zero-order chi connectivity index (χ0) is 15.6. The highest BCUT2D eigenvalue weighted by atomic mass is 32.1. The SMILES string of the molecule is CCC(CC)C(C)NC(=O)c1sc2nc(C)ccc2c1N. The monoisotopic (exact) mass is 305 g/mol. The number of rotatable bonds is 5. The van der Waals surface area contributed by atoms with E-state index in [1.165, 1.54) is 11.3 Å². The second-order valence-corrected chi connectivity index (χ2v) is 6.49. The second kappa shape index (κ2) is 6.43. The third kappa shape index (κ3) is 3.18. The van der Waals surface area contributed by atoms with Crippen molar-refractivity contribution in [2.45, 2.75) is 46.6 Å². The molecule has 1 unspecified atom stereocenters. The molecule has 4 nitrogen and oxygen atoms in total. The number of nitrogens with two attached hydrogens (primary N) is 1. The van der Waals surface area contributed by atoms with Gasteiger partial charge in [-0.1, -0.05) is 26.7 Å². The number of nitrogen functional groups attached to an aromatic ring is 1. The molecule has 2 aromatic rings. The van der Waals surface area contributed by atoms with Crippen LogP contribution < -0.4 is 11.1 Å². The quantitative estimate of drug-likeness (QED) is 0.884. The molecule has 0 saturated heterocycles. The number of anilines is 1. The molecule has 0 spiro atoms. The van der Waals surface area contributed by atoms with Gasteiger partial charge in [-0.25, -0.2) is 4.98 Å². The molecular weight excluding hydrogens is 282 g/mol. The first kappa shape index (κ1) is 15.8.